The molecular weight excluding hydrogens is 284 g/mol. The van der Waals surface area contributed by atoms with Crippen molar-refractivity contribution in [3.63, 3.8) is 0 Å². The Kier molecular flexibility index (Phi) is 3.86. The lowest BCUT2D eigenvalue weighted by atomic mass is 10.0. The van der Waals surface area contributed by atoms with E-state index in [0.29, 0.717) is 6.61 Å². The first kappa shape index (κ1) is 12.2. The molecule has 0 saturated carbocycles. The molecule has 1 N–H and O–H groups in total. The SMILES string of the molecule is CCOc1ccc(C(O)c2ccoc2)cc1Br. The van der Waals surface area contributed by atoms with Crippen molar-refractivity contribution < 1.29 is 14.3 Å². The normalized spacial score (nSPS) is 12.4. The van der Waals surface area contributed by atoms with Crippen LogP contribution in [0, 0.1) is 0 Å². The van der Waals surface area contributed by atoms with Crippen molar-refractivity contribution in [2.45, 2.75) is 13.0 Å². The van der Waals surface area contributed by atoms with Crippen LogP contribution in [0.3, 0.4) is 0 Å². The van der Waals surface area contributed by atoms with Gasteiger partial charge < -0.3 is 14.3 Å². The standard InChI is InChI=1S/C13H13BrO3/c1-2-17-12-4-3-9(7-11(12)14)13(15)10-5-6-16-8-10/h3-8,13,15H,2H2,1H3. The summed E-state index contributed by atoms with van der Waals surface area (Å²) in [7, 11) is 0. The number of rotatable bonds is 4. The first-order chi connectivity index (χ1) is 8.22. The van der Waals surface area contributed by atoms with E-state index in [2.05, 4.69) is 15.9 Å². The van der Waals surface area contributed by atoms with E-state index < -0.39 is 6.10 Å². The number of hydrogen-bond donors (Lipinski definition) is 1. The summed E-state index contributed by atoms with van der Waals surface area (Å²) in [5.41, 5.74) is 1.53. The molecule has 90 valence electrons. The summed E-state index contributed by atoms with van der Waals surface area (Å²) in [5.74, 6) is 0.774. The van der Waals surface area contributed by atoms with Crippen LogP contribution in [0.25, 0.3) is 0 Å². The van der Waals surface area contributed by atoms with Crippen molar-refractivity contribution in [1.29, 1.82) is 0 Å². The Labute approximate surface area is 108 Å². The van der Waals surface area contributed by atoms with E-state index in [4.69, 9.17) is 9.15 Å². The Balaban J connectivity index is 2.25. The lowest BCUT2D eigenvalue weighted by Gasteiger charge is -2.11. The summed E-state index contributed by atoms with van der Waals surface area (Å²) in [6, 6.07) is 7.28. The third kappa shape index (κ3) is 2.70. The highest BCUT2D eigenvalue weighted by Gasteiger charge is 2.13. The molecule has 0 fully saturated rings. The molecule has 0 aliphatic heterocycles. The van der Waals surface area contributed by atoms with Crippen LogP contribution >= 0.6 is 15.9 Å². The molecule has 0 spiro atoms. The Morgan fingerprint density at radius 1 is 1.35 bits per heavy atom. The quantitative estimate of drug-likeness (QED) is 0.939. The topological polar surface area (TPSA) is 42.6 Å². The van der Waals surface area contributed by atoms with Gasteiger partial charge in [0, 0.05) is 5.56 Å². The van der Waals surface area contributed by atoms with Crippen LogP contribution in [0.4, 0.5) is 0 Å². The third-order valence-electron chi connectivity index (χ3n) is 2.43. The van der Waals surface area contributed by atoms with E-state index in [1.165, 1.54) is 6.26 Å². The van der Waals surface area contributed by atoms with Crippen LogP contribution in [0.5, 0.6) is 5.75 Å². The molecule has 3 nitrogen and oxygen atoms in total. The second-order valence-corrected chi connectivity index (χ2v) is 4.44. The molecule has 0 bridgehead atoms. The number of halogens is 1. The zero-order valence-corrected chi connectivity index (χ0v) is 11.0. The summed E-state index contributed by atoms with van der Waals surface area (Å²) >= 11 is 3.42. The summed E-state index contributed by atoms with van der Waals surface area (Å²) in [5, 5.41) is 10.1. The van der Waals surface area contributed by atoms with E-state index in [1.54, 1.807) is 12.3 Å². The Morgan fingerprint density at radius 3 is 2.76 bits per heavy atom. The Hall–Kier alpha value is -1.26. The van der Waals surface area contributed by atoms with Gasteiger partial charge in [-0.1, -0.05) is 6.07 Å². The second-order valence-electron chi connectivity index (χ2n) is 3.58. The molecule has 4 heteroatoms. The second kappa shape index (κ2) is 5.38. The molecule has 17 heavy (non-hydrogen) atoms. The number of ether oxygens (including phenoxy) is 1. The number of aliphatic hydroxyl groups is 1. The predicted octanol–water partition coefficient (Wildman–Crippen LogP) is 3.52. The highest BCUT2D eigenvalue weighted by atomic mass is 79.9. The van der Waals surface area contributed by atoms with Crippen LogP contribution < -0.4 is 4.74 Å². The van der Waals surface area contributed by atoms with Gasteiger partial charge in [0.1, 0.15) is 11.9 Å². The first-order valence-corrected chi connectivity index (χ1v) is 6.14. The lowest BCUT2D eigenvalue weighted by molar-refractivity contribution is 0.219. The van der Waals surface area contributed by atoms with Gasteiger partial charge in [0.15, 0.2) is 0 Å². The minimum absolute atomic E-state index is 0.613. The molecule has 1 heterocycles. The van der Waals surface area contributed by atoms with E-state index >= 15 is 0 Å². The van der Waals surface area contributed by atoms with Crippen molar-refractivity contribution in [2.75, 3.05) is 6.61 Å². The van der Waals surface area contributed by atoms with Crippen molar-refractivity contribution in [1.82, 2.24) is 0 Å². The number of benzene rings is 1. The molecule has 1 aromatic heterocycles. The van der Waals surface area contributed by atoms with Crippen LogP contribution in [0.2, 0.25) is 0 Å². The first-order valence-electron chi connectivity index (χ1n) is 5.34. The molecule has 2 aromatic rings. The maximum Gasteiger partial charge on any atom is 0.133 e. The fourth-order valence-electron chi connectivity index (χ4n) is 1.58. The predicted molar refractivity (Wildman–Crippen MR) is 68.1 cm³/mol. The fourth-order valence-corrected chi connectivity index (χ4v) is 2.09. The van der Waals surface area contributed by atoms with Gasteiger partial charge in [-0.25, -0.2) is 0 Å². The lowest BCUT2D eigenvalue weighted by Crippen LogP contribution is -1.99. The molecule has 1 aromatic carbocycles. The van der Waals surface area contributed by atoms with Gasteiger partial charge in [0.2, 0.25) is 0 Å². The van der Waals surface area contributed by atoms with Gasteiger partial charge in [0.25, 0.3) is 0 Å². The Bertz CT molecular complexity index is 479. The van der Waals surface area contributed by atoms with Crippen molar-refractivity contribution in [3.8, 4) is 5.75 Å². The number of aliphatic hydroxyl groups excluding tert-OH is 1. The van der Waals surface area contributed by atoms with E-state index in [0.717, 1.165) is 21.3 Å². The largest absolute Gasteiger partial charge is 0.493 e. The van der Waals surface area contributed by atoms with Gasteiger partial charge in [-0.2, -0.15) is 0 Å². The van der Waals surface area contributed by atoms with Crippen molar-refractivity contribution in [3.05, 3.63) is 52.4 Å². The monoisotopic (exact) mass is 296 g/mol. The fraction of sp³-hybridized carbons (Fsp3) is 0.231. The van der Waals surface area contributed by atoms with Crippen LogP contribution in [-0.2, 0) is 0 Å². The average molecular weight is 297 g/mol. The highest BCUT2D eigenvalue weighted by Crippen LogP contribution is 2.30. The van der Waals surface area contributed by atoms with Crippen molar-refractivity contribution >= 4 is 15.9 Å². The number of hydrogen-bond acceptors (Lipinski definition) is 3. The summed E-state index contributed by atoms with van der Waals surface area (Å²) in [6.07, 6.45) is 2.40. The average Bonchev–Trinajstić information content (AvgIpc) is 2.84. The summed E-state index contributed by atoms with van der Waals surface area (Å²) in [4.78, 5) is 0. The number of furan rings is 1. The minimum Gasteiger partial charge on any atom is -0.493 e. The van der Waals surface area contributed by atoms with Crippen molar-refractivity contribution in [2.24, 2.45) is 0 Å². The molecule has 0 radical (unpaired) electrons. The van der Waals surface area contributed by atoms with Crippen LogP contribution in [0.1, 0.15) is 24.2 Å². The Morgan fingerprint density at radius 2 is 2.18 bits per heavy atom. The molecule has 1 unspecified atom stereocenters. The zero-order chi connectivity index (χ0) is 12.3. The summed E-state index contributed by atoms with van der Waals surface area (Å²) in [6.45, 7) is 2.54. The zero-order valence-electron chi connectivity index (χ0n) is 9.39. The van der Waals surface area contributed by atoms with E-state index in [-0.39, 0.29) is 0 Å². The van der Waals surface area contributed by atoms with Crippen LogP contribution in [-0.4, -0.2) is 11.7 Å². The molecule has 0 saturated heterocycles. The maximum atomic E-state index is 10.1. The molecule has 0 aliphatic carbocycles. The van der Waals surface area contributed by atoms with Gasteiger partial charge in [-0.05, 0) is 46.6 Å². The maximum absolute atomic E-state index is 10.1. The van der Waals surface area contributed by atoms with Gasteiger partial charge >= 0.3 is 0 Å². The van der Waals surface area contributed by atoms with E-state index in [9.17, 15) is 5.11 Å². The molecule has 2 rings (SSSR count). The van der Waals surface area contributed by atoms with Gasteiger partial charge in [-0.15, -0.1) is 0 Å². The molecule has 0 aliphatic rings. The molecular formula is C13H13BrO3. The van der Waals surface area contributed by atoms with Gasteiger partial charge in [-0.3, -0.25) is 0 Å². The third-order valence-corrected chi connectivity index (χ3v) is 3.05. The molecule has 0 amide bonds. The highest BCUT2D eigenvalue weighted by molar-refractivity contribution is 9.10. The van der Waals surface area contributed by atoms with Crippen LogP contribution in [0.15, 0.2) is 45.7 Å². The molecule has 1 atom stereocenters. The minimum atomic E-state index is -0.680. The smallest absolute Gasteiger partial charge is 0.133 e. The van der Waals surface area contributed by atoms with E-state index in [1.807, 2.05) is 25.1 Å². The van der Waals surface area contributed by atoms with Gasteiger partial charge in [0.05, 0.1) is 23.6 Å². The summed E-state index contributed by atoms with van der Waals surface area (Å²) < 4.78 is 11.2.